The maximum atomic E-state index is 13.8. The SMILES string of the molecule is CC[C@H](C)OC(=O)C1=C(C)NC2=C(C(=O)[C@H](C(=O)OC)[C@H](C)C2)[C@@H]1c1cc(OC)ccc1OC. The molecule has 0 saturated carbocycles. The number of nitrogens with one attached hydrogen (secondary N) is 1. The lowest BCUT2D eigenvalue weighted by atomic mass is 9.69. The number of hydrogen-bond donors (Lipinski definition) is 1. The van der Waals surface area contributed by atoms with Gasteiger partial charge in [-0.25, -0.2) is 4.79 Å². The van der Waals surface area contributed by atoms with Crippen molar-refractivity contribution in [3.05, 3.63) is 46.3 Å². The average molecular weight is 472 g/mol. The molecule has 2 aliphatic rings. The van der Waals surface area contributed by atoms with Crippen LogP contribution in [0.5, 0.6) is 11.5 Å². The summed E-state index contributed by atoms with van der Waals surface area (Å²) in [6.45, 7) is 7.38. The van der Waals surface area contributed by atoms with Gasteiger partial charge in [-0.1, -0.05) is 13.8 Å². The molecule has 8 nitrogen and oxygen atoms in total. The minimum absolute atomic E-state index is 0.263. The monoisotopic (exact) mass is 471 g/mol. The molecule has 1 aromatic rings. The van der Waals surface area contributed by atoms with E-state index in [4.69, 9.17) is 18.9 Å². The van der Waals surface area contributed by atoms with Gasteiger partial charge in [-0.3, -0.25) is 9.59 Å². The molecule has 0 radical (unpaired) electrons. The quantitative estimate of drug-likeness (QED) is 0.475. The Kier molecular flexibility index (Phi) is 7.69. The van der Waals surface area contributed by atoms with Crippen LogP contribution >= 0.6 is 0 Å². The molecular formula is C26H33NO7. The number of ketones is 1. The van der Waals surface area contributed by atoms with E-state index in [0.717, 1.165) is 0 Å². The third-order valence-electron chi connectivity index (χ3n) is 6.59. The van der Waals surface area contributed by atoms with Crippen molar-refractivity contribution in [3.63, 3.8) is 0 Å². The van der Waals surface area contributed by atoms with Crippen LogP contribution < -0.4 is 14.8 Å². The van der Waals surface area contributed by atoms with Crippen LogP contribution in [0, 0.1) is 11.8 Å². The predicted molar refractivity (Wildman–Crippen MR) is 125 cm³/mol. The van der Waals surface area contributed by atoms with Gasteiger partial charge in [0.25, 0.3) is 0 Å². The molecule has 0 unspecified atom stereocenters. The first-order valence-electron chi connectivity index (χ1n) is 11.4. The summed E-state index contributed by atoms with van der Waals surface area (Å²) in [4.78, 5) is 39.8. The van der Waals surface area contributed by atoms with Crippen molar-refractivity contribution < 1.29 is 33.3 Å². The molecule has 3 rings (SSSR count). The smallest absolute Gasteiger partial charge is 0.337 e. The molecule has 1 aromatic carbocycles. The highest BCUT2D eigenvalue weighted by atomic mass is 16.5. The first-order chi connectivity index (χ1) is 16.2. The van der Waals surface area contributed by atoms with Crippen molar-refractivity contribution in [1.82, 2.24) is 5.32 Å². The van der Waals surface area contributed by atoms with Crippen LogP contribution in [0.2, 0.25) is 0 Å². The summed E-state index contributed by atoms with van der Waals surface area (Å²) in [5.41, 5.74) is 2.51. The second-order valence-corrected chi connectivity index (χ2v) is 8.77. The Hall–Kier alpha value is -3.29. The molecular weight excluding hydrogens is 438 g/mol. The number of ether oxygens (including phenoxy) is 4. The van der Waals surface area contributed by atoms with Crippen molar-refractivity contribution in [2.24, 2.45) is 11.8 Å². The van der Waals surface area contributed by atoms with Crippen LogP contribution in [0.1, 0.15) is 52.0 Å². The first-order valence-corrected chi connectivity index (χ1v) is 11.4. The molecule has 34 heavy (non-hydrogen) atoms. The molecule has 184 valence electrons. The van der Waals surface area contributed by atoms with E-state index in [1.165, 1.54) is 14.2 Å². The van der Waals surface area contributed by atoms with E-state index < -0.39 is 23.8 Å². The van der Waals surface area contributed by atoms with Crippen LogP contribution in [-0.2, 0) is 23.9 Å². The lowest BCUT2D eigenvalue weighted by molar-refractivity contribution is -0.151. The number of rotatable bonds is 7. The second kappa shape index (κ2) is 10.3. The molecule has 1 aliphatic carbocycles. The topological polar surface area (TPSA) is 100 Å². The summed E-state index contributed by atoms with van der Waals surface area (Å²) in [5, 5.41) is 3.26. The van der Waals surface area contributed by atoms with Gasteiger partial charge in [-0.2, -0.15) is 0 Å². The fraction of sp³-hybridized carbons (Fsp3) is 0.500. The van der Waals surface area contributed by atoms with Gasteiger partial charge in [-0.15, -0.1) is 0 Å². The van der Waals surface area contributed by atoms with Gasteiger partial charge in [0.1, 0.15) is 17.4 Å². The highest BCUT2D eigenvalue weighted by molar-refractivity contribution is 6.12. The fourth-order valence-corrected chi connectivity index (χ4v) is 4.66. The van der Waals surface area contributed by atoms with Crippen LogP contribution in [0.4, 0.5) is 0 Å². The Morgan fingerprint density at radius 2 is 1.88 bits per heavy atom. The van der Waals surface area contributed by atoms with Crippen LogP contribution in [0.15, 0.2) is 40.7 Å². The van der Waals surface area contributed by atoms with Gasteiger partial charge in [0.2, 0.25) is 0 Å². The summed E-state index contributed by atoms with van der Waals surface area (Å²) in [5.74, 6) is -2.48. The molecule has 8 heteroatoms. The number of dihydropyridines is 1. The lowest BCUT2D eigenvalue weighted by Gasteiger charge is -2.38. The van der Waals surface area contributed by atoms with E-state index in [0.29, 0.717) is 52.4 Å². The minimum Gasteiger partial charge on any atom is -0.497 e. The largest absolute Gasteiger partial charge is 0.497 e. The molecule has 0 fully saturated rings. The highest BCUT2D eigenvalue weighted by Crippen LogP contribution is 2.48. The van der Waals surface area contributed by atoms with E-state index in [9.17, 15) is 14.4 Å². The van der Waals surface area contributed by atoms with Crippen LogP contribution in [0.25, 0.3) is 0 Å². The van der Waals surface area contributed by atoms with Gasteiger partial charge < -0.3 is 24.3 Å². The second-order valence-electron chi connectivity index (χ2n) is 8.77. The summed E-state index contributed by atoms with van der Waals surface area (Å²) < 4.78 is 21.7. The maximum absolute atomic E-state index is 13.8. The third-order valence-corrected chi connectivity index (χ3v) is 6.59. The Bertz CT molecular complexity index is 1060. The van der Waals surface area contributed by atoms with Gasteiger partial charge >= 0.3 is 11.9 Å². The fourth-order valence-electron chi connectivity index (χ4n) is 4.66. The minimum atomic E-state index is -0.963. The predicted octanol–water partition coefficient (Wildman–Crippen LogP) is 3.66. The Morgan fingerprint density at radius 3 is 2.47 bits per heavy atom. The van der Waals surface area contributed by atoms with Crippen molar-refractivity contribution in [2.75, 3.05) is 21.3 Å². The highest BCUT2D eigenvalue weighted by Gasteiger charge is 2.48. The van der Waals surface area contributed by atoms with E-state index in [1.807, 2.05) is 20.8 Å². The zero-order valence-electron chi connectivity index (χ0n) is 20.8. The number of carbonyl (C=O) groups excluding carboxylic acids is 3. The molecule has 1 aliphatic heterocycles. The maximum Gasteiger partial charge on any atom is 0.337 e. The van der Waals surface area contributed by atoms with Gasteiger partial charge in [0.05, 0.1) is 38.9 Å². The number of benzene rings is 1. The Morgan fingerprint density at radius 1 is 1.18 bits per heavy atom. The Labute approximate surface area is 200 Å². The summed E-state index contributed by atoms with van der Waals surface area (Å²) in [6.07, 6.45) is 0.795. The van der Waals surface area contributed by atoms with E-state index in [2.05, 4.69) is 5.32 Å². The van der Waals surface area contributed by atoms with Crippen LogP contribution in [0.3, 0.4) is 0 Å². The van der Waals surface area contributed by atoms with Crippen molar-refractivity contribution in [3.8, 4) is 11.5 Å². The molecule has 1 heterocycles. The first kappa shape index (κ1) is 25.3. The van der Waals surface area contributed by atoms with Gasteiger partial charge in [0, 0.05) is 22.5 Å². The average Bonchev–Trinajstić information content (AvgIpc) is 2.82. The number of esters is 2. The molecule has 1 N–H and O–H groups in total. The zero-order chi connectivity index (χ0) is 25.2. The summed E-state index contributed by atoms with van der Waals surface area (Å²) in [7, 11) is 4.34. The van der Waals surface area contributed by atoms with E-state index >= 15 is 0 Å². The number of hydrogen-bond acceptors (Lipinski definition) is 8. The normalized spacial score (nSPS) is 23.0. The molecule has 0 aromatic heterocycles. The molecule has 0 bridgehead atoms. The number of carbonyl (C=O) groups is 3. The summed E-state index contributed by atoms with van der Waals surface area (Å²) >= 11 is 0. The number of Topliss-reactive ketones (excluding diaryl/α,β-unsaturated/α-hetero) is 1. The standard InChI is InChI=1S/C26H33NO7/c1-8-14(3)34-26(30)21-15(4)27-18-11-13(2)20(25(29)33-7)24(28)23(18)22(21)17-12-16(31-5)9-10-19(17)32-6/h9-10,12-14,20,22,27H,8,11H2,1-7H3/t13-,14+,20-,22-/m1/s1. The molecule has 4 atom stereocenters. The number of allylic oxidation sites excluding steroid dienone is 3. The van der Waals surface area contributed by atoms with Gasteiger partial charge in [0.15, 0.2) is 5.78 Å². The zero-order valence-corrected chi connectivity index (χ0v) is 20.8. The van der Waals surface area contributed by atoms with Gasteiger partial charge in [-0.05, 0) is 50.8 Å². The lowest BCUT2D eigenvalue weighted by Crippen LogP contribution is -2.43. The van der Waals surface area contributed by atoms with E-state index in [1.54, 1.807) is 32.2 Å². The van der Waals surface area contributed by atoms with Crippen molar-refractivity contribution in [1.29, 1.82) is 0 Å². The van der Waals surface area contributed by atoms with Crippen molar-refractivity contribution >= 4 is 17.7 Å². The third kappa shape index (κ3) is 4.54. The molecule has 0 amide bonds. The molecule has 0 spiro atoms. The number of methoxy groups -OCH3 is 3. The molecule has 0 saturated heterocycles. The van der Waals surface area contributed by atoms with E-state index in [-0.39, 0.29) is 17.8 Å². The summed E-state index contributed by atoms with van der Waals surface area (Å²) in [6, 6.07) is 5.23. The Balaban J connectivity index is 2.26. The van der Waals surface area contributed by atoms with Crippen molar-refractivity contribution in [2.45, 2.75) is 52.6 Å². The van der Waals surface area contributed by atoms with Crippen LogP contribution in [-0.4, -0.2) is 45.2 Å².